The van der Waals surface area contributed by atoms with Crippen molar-refractivity contribution >= 4 is 17.5 Å². The van der Waals surface area contributed by atoms with Crippen LogP contribution in [-0.2, 0) is 11.4 Å². The lowest BCUT2D eigenvalue weighted by Gasteiger charge is -2.28. The van der Waals surface area contributed by atoms with Crippen LogP contribution in [0.3, 0.4) is 0 Å². The maximum Gasteiger partial charge on any atom is 0.255 e. The molecule has 0 bridgehead atoms. The van der Waals surface area contributed by atoms with E-state index < -0.39 is 6.04 Å². The lowest BCUT2D eigenvalue weighted by Crippen LogP contribution is -2.31. The van der Waals surface area contributed by atoms with Gasteiger partial charge in [-0.3, -0.25) is 9.78 Å². The Morgan fingerprint density at radius 3 is 2.67 bits per heavy atom. The zero-order valence-corrected chi connectivity index (χ0v) is 17.8. The molecular weight excluding hydrogens is 418 g/mol. The molecule has 0 unspecified atom stereocenters. The molecule has 3 heterocycles. The highest BCUT2D eigenvalue weighted by molar-refractivity contribution is 6.05. The lowest BCUT2D eigenvalue weighted by molar-refractivity contribution is -0.113. The van der Waals surface area contributed by atoms with Gasteiger partial charge < -0.3 is 15.4 Å². The molecule has 2 aromatic heterocycles. The topological polar surface area (TPSA) is 107 Å². The summed E-state index contributed by atoms with van der Waals surface area (Å²) in [5, 5.41) is 18.0. The van der Waals surface area contributed by atoms with Crippen LogP contribution < -0.4 is 15.4 Å². The first kappa shape index (κ1) is 20.4. The van der Waals surface area contributed by atoms with Gasteiger partial charge in [-0.1, -0.05) is 47.6 Å². The average Bonchev–Trinajstić information content (AvgIpc) is 3.31. The predicted octanol–water partition coefficient (Wildman–Crippen LogP) is 3.57. The molecule has 0 saturated carbocycles. The molecular formula is C24H21N7O2. The molecule has 0 aliphatic carbocycles. The van der Waals surface area contributed by atoms with Gasteiger partial charge in [0.2, 0.25) is 5.95 Å². The van der Waals surface area contributed by atoms with Crippen LogP contribution in [-0.4, -0.2) is 31.1 Å². The van der Waals surface area contributed by atoms with E-state index in [-0.39, 0.29) is 5.91 Å². The van der Waals surface area contributed by atoms with Gasteiger partial charge >= 0.3 is 0 Å². The van der Waals surface area contributed by atoms with Crippen molar-refractivity contribution in [1.82, 2.24) is 25.2 Å². The van der Waals surface area contributed by atoms with Crippen molar-refractivity contribution in [2.24, 2.45) is 0 Å². The molecule has 2 N–H and O–H groups in total. The number of aromatic nitrogens is 5. The van der Waals surface area contributed by atoms with Gasteiger partial charge in [0.25, 0.3) is 5.91 Å². The van der Waals surface area contributed by atoms with E-state index in [1.165, 1.54) is 0 Å². The highest BCUT2D eigenvalue weighted by Crippen LogP contribution is 2.35. The summed E-state index contributed by atoms with van der Waals surface area (Å²) in [6, 6.07) is 20.6. The van der Waals surface area contributed by atoms with Crippen LogP contribution in [0, 0.1) is 0 Å². The summed E-state index contributed by atoms with van der Waals surface area (Å²) in [4.78, 5) is 17.3. The second-order valence-corrected chi connectivity index (χ2v) is 7.55. The Bertz CT molecular complexity index is 1290. The number of fused-ring (bicyclic) bond motifs is 1. The molecule has 0 spiro atoms. The van der Waals surface area contributed by atoms with Crippen molar-refractivity contribution in [2.45, 2.75) is 19.6 Å². The van der Waals surface area contributed by atoms with Crippen molar-refractivity contribution < 1.29 is 9.53 Å². The van der Waals surface area contributed by atoms with Gasteiger partial charge in [-0.15, -0.1) is 0 Å². The number of pyridine rings is 1. The van der Waals surface area contributed by atoms with Gasteiger partial charge in [0.05, 0.1) is 17.5 Å². The minimum Gasteiger partial charge on any atom is -0.489 e. The van der Waals surface area contributed by atoms with Crippen molar-refractivity contribution in [2.75, 3.05) is 10.6 Å². The molecule has 4 aromatic rings. The zero-order valence-electron chi connectivity index (χ0n) is 17.8. The van der Waals surface area contributed by atoms with Crippen LogP contribution in [0.2, 0.25) is 0 Å². The Hall–Kier alpha value is -4.53. The predicted molar refractivity (Wildman–Crippen MR) is 122 cm³/mol. The van der Waals surface area contributed by atoms with E-state index >= 15 is 0 Å². The van der Waals surface area contributed by atoms with Gasteiger partial charge in [0, 0.05) is 11.9 Å². The fraction of sp³-hybridized carbons (Fsp3) is 0.125. The number of ether oxygens (including phenoxy) is 1. The molecule has 164 valence electrons. The number of allylic oxidation sites excluding steroid dienone is 1. The molecule has 33 heavy (non-hydrogen) atoms. The van der Waals surface area contributed by atoms with Gasteiger partial charge in [0.15, 0.2) is 0 Å². The van der Waals surface area contributed by atoms with Crippen LogP contribution in [0.5, 0.6) is 5.75 Å². The number of nitrogens with one attached hydrogen (secondary N) is 2. The normalized spacial score (nSPS) is 14.9. The number of rotatable bonds is 6. The molecule has 2 aromatic carbocycles. The molecule has 5 rings (SSSR count). The lowest BCUT2D eigenvalue weighted by atomic mass is 9.95. The Labute approximate surface area is 190 Å². The maximum absolute atomic E-state index is 13.3. The largest absolute Gasteiger partial charge is 0.489 e. The number of anilines is 2. The number of hydrogen-bond acceptors (Lipinski definition) is 7. The fourth-order valence-electron chi connectivity index (χ4n) is 3.74. The number of amides is 1. The van der Waals surface area contributed by atoms with Crippen molar-refractivity contribution in [3.05, 3.63) is 102 Å². The number of hydrogen-bond donors (Lipinski definition) is 2. The molecule has 0 fully saturated rings. The third-order valence-corrected chi connectivity index (χ3v) is 5.32. The number of benzene rings is 2. The quantitative estimate of drug-likeness (QED) is 0.473. The van der Waals surface area contributed by atoms with Crippen LogP contribution in [0.15, 0.2) is 90.4 Å². The second kappa shape index (κ2) is 8.91. The molecule has 1 amide bonds. The summed E-state index contributed by atoms with van der Waals surface area (Å²) < 4.78 is 7.51. The molecule has 0 saturated heterocycles. The number of nitrogens with zero attached hydrogens (tertiary/aromatic N) is 5. The summed E-state index contributed by atoms with van der Waals surface area (Å²) in [7, 11) is 0. The van der Waals surface area contributed by atoms with E-state index in [9.17, 15) is 4.79 Å². The minimum atomic E-state index is -0.504. The Morgan fingerprint density at radius 1 is 1.09 bits per heavy atom. The first-order valence-electron chi connectivity index (χ1n) is 10.4. The highest BCUT2D eigenvalue weighted by atomic mass is 16.5. The van der Waals surface area contributed by atoms with Crippen LogP contribution in [0.4, 0.5) is 11.6 Å². The number of carbonyl (C=O) groups excluding carboxylic acids is 1. The summed E-state index contributed by atoms with van der Waals surface area (Å²) in [5.41, 5.74) is 3.73. The van der Waals surface area contributed by atoms with Crippen molar-refractivity contribution in [3.8, 4) is 5.75 Å². The smallest absolute Gasteiger partial charge is 0.255 e. The molecule has 1 aliphatic heterocycles. The van der Waals surface area contributed by atoms with E-state index in [1.807, 2.05) is 61.5 Å². The maximum atomic E-state index is 13.3. The van der Waals surface area contributed by atoms with E-state index in [0.29, 0.717) is 29.5 Å². The fourth-order valence-corrected chi connectivity index (χ4v) is 3.74. The Kier molecular flexibility index (Phi) is 5.50. The Balaban J connectivity index is 1.42. The van der Waals surface area contributed by atoms with Crippen molar-refractivity contribution in [1.29, 1.82) is 0 Å². The SMILES string of the molecule is CC1=C(C(=O)Nc2cccnc2)[C@H](c2ccc(OCc3ccccc3)cc2)n2nnnc2N1. The molecule has 9 heteroatoms. The first-order chi connectivity index (χ1) is 16.2. The summed E-state index contributed by atoms with van der Waals surface area (Å²) in [5.74, 6) is 0.943. The van der Waals surface area contributed by atoms with Gasteiger partial charge in [-0.05, 0) is 52.7 Å². The zero-order chi connectivity index (χ0) is 22.6. The van der Waals surface area contributed by atoms with E-state index in [1.54, 1.807) is 29.2 Å². The van der Waals surface area contributed by atoms with Crippen molar-refractivity contribution in [3.63, 3.8) is 0 Å². The summed E-state index contributed by atoms with van der Waals surface area (Å²) >= 11 is 0. The molecule has 0 radical (unpaired) electrons. The summed E-state index contributed by atoms with van der Waals surface area (Å²) in [6.07, 6.45) is 3.25. The van der Waals surface area contributed by atoms with Gasteiger partial charge in [0.1, 0.15) is 18.4 Å². The standard InChI is InChI=1S/C24H21N7O2/c1-16-21(23(32)27-19-8-5-13-25-14-19)22(31-24(26-16)28-29-30-31)18-9-11-20(12-10-18)33-15-17-6-3-2-4-7-17/h2-14,22H,15H2,1H3,(H,27,32)(H,26,28,30)/t22-/m0/s1. The molecule has 1 atom stereocenters. The Morgan fingerprint density at radius 2 is 1.91 bits per heavy atom. The van der Waals surface area contributed by atoms with E-state index in [0.717, 1.165) is 16.9 Å². The van der Waals surface area contributed by atoms with Gasteiger partial charge in [-0.2, -0.15) is 4.68 Å². The minimum absolute atomic E-state index is 0.261. The third-order valence-electron chi connectivity index (χ3n) is 5.32. The highest BCUT2D eigenvalue weighted by Gasteiger charge is 2.34. The second-order valence-electron chi connectivity index (χ2n) is 7.55. The van der Waals surface area contributed by atoms with Crippen LogP contribution >= 0.6 is 0 Å². The van der Waals surface area contributed by atoms with Gasteiger partial charge in [-0.25, -0.2) is 0 Å². The van der Waals surface area contributed by atoms with Crippen LogP contribution in [0.1, 0.15) is 24.1 Å². The third kappa shape index (κ3) is 4.29. The monoisotopic (exact) mass is 439 g/mol. The molecule has 9 nitrogen and oxygen atoms in total. The van der Waals surface area contributed by atoms with E-state index in [2.05, 4.69) is 31.1 Å². The van der Waals surface area contributed by atoms with E-state index in [4.69, 9.17) is 4.74 Å². The number of carbonyl (C=O) groups is 1. The van der Waals surface area contributed by atoms with Crippen LogP contribution in [0.25, 0.3) is 0 Å². The first-order valence-corrected chi connectivity index (χ1v) is 10.4. The number of tetrazole rings is 1. The molecule has 1 aliphatic rings. The summed E-state index contributed by atoms with van der Waals surface area (Å²) in [6.45, 7) is 2.31. The average molecular weight is 439 g/mol.